The smallest absolute Gasteiger partial charge is 0.0752 e. The van der Waals surface area contributed by atoms with E-state index in [1.54, 1.807) is 12.1 Å². The molecule has 1 aromatic carbocycles. The molecule has 1 aromatic rings. The van der Waals surface area contributed by atoms with Crippen LogP contribution in [0.25, 0.3) is 0 Å². The first-order valence-corrected chi connectivity index (χ1v) is 4.04. The summed E-state index contributed by atoms with van der Waals surface area (Å²) < 4.78 is 0. The van der Waals surface area contributed by atoms with E-state index in [1.165, 1.54) is 6.21 Å². The molecule has 0 heterocycles. The second kappa shape index (κ2) is 3.78. The van der Waals surface area contributed by atoms with Crippen molar-refractivity contribution in [2.75, 3.05) is 0 Å². The van der Waals surface area contributed by atoms with Gasteiger partial charge < -0.3 is 5.21 Å². The van der Waals surface area contributed by atoms with Crippen LogP contribution in [-0.4, -0.2) is 11.4 Å². The molecule has 0 amide bonds. The third-order valence-corrected chi connectivity index (χ3v) is 2.32. The maximum Gasteiger partial charge on any atom is 0.0752 e. The van der Waals surface area contributed by atoms with E-state index in [4.69, 9.17) is 28.4 Å². The van der Waals surface area contributed by atoms with Gasteiger partial charge in [-0.3, -0.25) is 0 Å². The summed E-state index contributed by atoms with van der Waals surface area (Å²) in [5.41, 5.74) is 1.45. The van der Waals surface area contributed by atoms with Gasteiger partial charge in [-0.15, -0.1) is 0 Å². The SMILES string of the molecule is Cc1c(Cl)ccc(Cl)c1C=NO. The van der Waals surface area contributed by atoms with E-state index in [0.717, 1.165) is 5.56 Å². The highest BCUT2D eigenvalue weighted by molar-refractivity contribution is 6.35. The van der Waals surface area contributed by atoms with Crippen LogP contribution in [0.2, 0.25) is 10.0 Å². The average Bonchev–Trinajstić information content (AvgIpc) is 2.06. The van der Waals surface area contributed by atoms with Gasteiger partial charge in [0.1, 0.15) is 0 Å². The number of hydrogen-bond acceptors (Lipinski definition) is 2. The summed E-state index contributed by atoms with van der Waals surface area (Å²) in [4.78, 5) is 0. The van der Waals surface area contributed by atoms with Gasteiger partial charge in [-0.1, -0.05) is 28.4 Å². The predicted molar refractivity (Wildman–Crippen MR) is 50.6 cm³/mol. The van der Waals surface area contributed by atoms with Gasteiger partial charge in [0.2, 0.25) is 0 Å². The van der Waals surface area contributed by atoms with Gasteiger partial charge in [0.15, 0.2) is 0 Å². The fraction of sp³-hybridized carbons (Fsp3) is 0.125. The zero-order valence-corrected chi connectivity index (χ0v) is 7.89. The van der Waals surface area contributed by atoms with Crippen LogP contribution in [-0.2, 0) is 0 Å². The van der Waals surface area contributed by atoms with Crippen LogP contribution in [0.5, 0.6) is 0 Å². The lowest BCUT2D eigenvalue weighted by Crippen LogP contribution is -1.89. The van der Waals surface area contributed by atoms with Gasteiger partial charge >= 0.3 is 0 Å². The van der Waals surface area contributed by atoms with Gasteiger partial charge in [-0.2, -0.15) is 0 Å². The van der Waals surface area contributed by atoms with E-state index < -0.39 is 0 Å². The Labute approximate surface area is 80.4 Å². The van der Waals surface area contributed by atoms with E-state index in [1.807, 2.05) is 6.92 Å². The van der Waals surface area contributed by atoms with Crippen molar-refractivity contribution in [1.82, 2.24) is 0 Å². The highest BCUT2D eigenvalue weighted by atomic mass is 35.5. The molecule has 0 saturated carbocycles. The van der Waals surface area contributed by atoms with Crippen LogP contribution in [0.1, 0.15) is 11.1 Å². The Bertz CT molecular complexity index is 323. The summed E-state index contributed by atoms with van der Waals surface area (Å²) in [5, 5.41) is 12.4. The highest BCUT2D eigenvalue weighted by Crippen LogP contribution is 2.24. The van der Waals surface area contributed by atoms with Crippen LogP contribution in [0.3, 0.4) is 0 Å². The minimum absolute atomic E-state index is 0.523. The van der Waals surface area contributed by atoms with Crippen molar-refractivity contribution >= 4 is 29.4 Å². The molecule has 0 bridgehead atoms. The van der Waals surface area contributed by atoms with Crippen LogP contribution >= 0.6 is 23.2 Å². The Kier molecular flexibility index (Phi) is 2.95. The van der Waals surface area contributed by atoms with Gasteiger partial charge in [-0.05, 0) is 24.6 Å². The molecule has 0 fully saturated rings. The Morgan fingerprint density at radius 2 is 1.92 bits per heavy atom. The highest BCUT2D eigenvalue weighted by Gasteiger charge is 2.04. The maximum atomic E-state index is 8.33. The molecule has 0 atom stereocenters. The Morgan fingerprint density at radius 3 is 2.50 bits per heavy atom. The van der Waals surface area contributed by atoms with E-state index in [0.29, 0.717) is 15.6 Å². The van der Waals surface area contributed by atoms with Gasteiger partial charge in [0.05, 0.1) is 6.21 Å². The molecule has 2 nitrogen and oxygen atoms in total. The van der Waals surface area contributed by atoms with Gasteiger partial charge in [-0.25, -0.2) is 0 Å². The fourth-order valence-corrected chi connectivity index (χ4v) is 1.30. The second-order valence-corrected chi connectivity index (χ2v) is 3.13. The van der Waals surface area contributed by atoms with Crippen molar-refractivity contribution in [2.24, 2.45) is 5.16 Å². The fourth-order valence-electron chi connectivity index (χ4n) is 0.885. The number of oxime groups is 1. The Morgan fingerprint density at radius 1 is 1.33 bits per heavy atom. The molecule has 1 rings (SSSR count). The van der Waals surface area contributed by atoms with Crippen LogP contribution in [0.15, 0.2) is 17.3 Å². The first-order chi connectivity index (χ1) is 5.66. The molecule has 0 aromatic heterocycles. The number of halogens is 2. The molecule has 12 heavy (non-hydrogen) atoms. The first kappa shape index (κ1) is 9.36. The molecule has 0 unspecified atom stereocenters. The number of benzene rings is 1. The average molecular weight is 204 g/mol. The van der Waals surface area contributed by atoms with Crippen LogP contribution in [0.4, 0.5) is 0 Å². The quantitative estimate of drug-likeness (QED) is 0.425. The Balaban J connectivity index is 3.32. The largest absolute Gasteiger partial charge is 0.411 e. The maximum absolute atomic E-state index is 8.33. The van der Waals surface area contributed by atoms with Crippen molar-refractivity contribution in [1.29, 1.82) is 0 Å². The predicted octanol–water partition coefficient (Wildman–Crippen LogP) is 3.11. The molecule has 64 valence electrons. The van der Waals surface area contributed by atoms with Crippen molar-refractivity contribution in [3.8, 4) is 0 Å². The summed E-state index contributed by atoms with van der Waals surface area (Å²) in [5.74, 6) is 0. The molecule has 4 heteroatoms. The molecule has 0 radical (unpaired) electrons. The normalized spacial score (nSPS) is 10.9. The number of hydrogen-bond donors (Lipinski definition) is 1. The lowest BCUT2D eigenvalue weighted by atomic mass is 10.1. The summed E-state index contributed by atoms with van der Waals surface area (Å²) >= 11 is 11.6. The van der Waals surface area contributed by atoms with Gasteiger partial charge in [0, 0.05) is 15.6 Å². The van der Waals surface area contributed by atoms with E-state index in [-0.39, 0.29) is 0 Å². The molecule has 0 saturated heterocycles. The monoisotopic (exact) mass is 203 g/mol. The number of rotatable bonds is 1. The summed E-state index contributed by atoms with van der Waals surface area (Å²) in [6.07, 6.45) is 1.27. The lowest BCUT2D eigenvalue weighted by Gasteiger charge is -2.03. The summed E-state index contributed by atoms with van der Waals surface area (Å²) in [6, 6.07) is 3.36. The van der Waals surface area contributed by atoms with Crippen LogP contribution < -0.4 is 0 Å². The molecule has 0 aliphatic carbocycles. The van der Waals surface area contributed by atoms with Gasteiger partial charge in [0.25, 0.3) is 0 Å². The first-order valence-electron chi connectivity index (χ1n) is 3.29. The van der Waals surface area contributed by atoms with Crippen molar-refractivity contribution in [2.45, 2.75) is 6.92 Å². The number of nitrogens with zero attached hydrogens (tertiary/aromatic N) is 1. The van der Waals surface area contributed by atoms with E-state index in [9.17, 15) is 0 Å². The van der Waals surface area contributed by atoms with Crippen LogP contribution in [0, 0.1) is 6.92 Å². The minimum atomic E-state index is 0.523. The van der Waals surface area contributed by atoms with Crippen molar-refractivity contribution in [3.63, 3.8) is 0 Å². The third kappa shape index (κ3) is 1.71. The van der Waals surface area contributed by atoms with E-state index in [2.05, 4.69) is 5.16 Å². The molecule has 0 aliphatic heterocycles. The minimum Gasteiger partial charge on any atom is -0.411 e. The summed E-state index contributed by atoms with van der Waals surface area (Å²) in [7, 11) is 0. The molecular formula is C8H7Cl2NO. The molecule has 0 aliphatic rings. The molecule has 1 N–H and O–H groups in total. The molecular weight excluding hydrogens is 197 g/mol. The van der Waals surface area contributed by atoms with E-state index >= 15 is 0 Å². The zero-order valence-electron chi connectivity index (χ0n) is 6.38. The summed E-state index contributed by atoms with van der Waals surface area (Å²) in [6.45, 7) is 1.81. The standard InChI is InChI=1S/C8H7Cl2NO/c1-5-6(4-11-12)8(10)3-2-7(5)9/h2-4,12H,1H3. The molecule has 0 spiro atoms. The van der Waals surface area contributed by atoms with Crippen molar-refractivity contribution in [3.05, 3.63) is 33.3 Å². The Hall–Kier alpha value is -0.730. The zero-order chi connectivity index (χ0) is 9.14. The van der Waals surface area contributed by atoms with Crippen molar-refractivity contribution < 1.29 is 5.21 Å². The second-order valence-electron chi connectivity index (χ2n) is 2.31. The topological polar surface area (TPSA) is 32.6 Å². The third-order valence-electron chi connectivity index (χ3n) is 1.58. The lowest BCUT2D eigenvalue weighted by molar-refractivity contribution is 0.322.